The van der Waals surface area contributed by atoms with Gasteiger partial charge in [-0.3, -0.25) is 4.79 Å². The van der Waals surface area contributed by atoms with Crippen LogP contribution in [0.1, 0.15) is 19.4 Å². The number of ketones is 1. The highest BCUT2D eigenvalue weighted by molar-refractivity contribution is 9.10. The lowest BCUT2D eigenvalue weighted by molar-refractivity contribution is -0.124. The Hall–Kier alpha value is -0.380. The molecule has 0 aromatic heterocycles. The molecule has 0 bridgehead atoms. The Morgan fingerprint density at radius 3 is 2.75 bits per heavy atom. The van der Waals surface area contributed by atoms with Gasteiger partial charge in [-0.25, -0.2) is 0 Å². The van der Waals surface area contributed by atoms with E-state index in [1.165, 1.54) is 0 Å². The second-order valence-electron chi connectivity index (χ2n) is 3.81. The van der Waals surface area contributed by atoms with Crippen molar-refractivity contribution in [3.63, 3.8) is 0 Å². The molecule has 0 saturated heterocycles. The van der Waals surface area contributed by atoms with Gasteiger partial charge in [0.25, 0.3) is 0 Å². The van der Waals surface area contributed by atoms with Crippen LogP contribution in [0.4, 0.5) is 0 Å². The van der Waals surface area contributed by atoms with Gasteiger partial charge in [-0.05, 0) is 31.5 Å². The molecule has 0 saturated carbocycles. The van der Waals surface area contributed by atoms with Crippen molar-refractivity contribution >= 4 is 33.3 Å². The third-order valence-electron chi connectivity index (χ3n) is 1.98. The van der Waals surface area contributed by atoms with Crippen molar-refractivity contribution in [2.45, 2.75) is 26.4 Å². The van der Waals surface area contributed by atoms with E-state index in [2.05, 4.69) is 15.9 Å². The van der Waals surface area contributed by atoms with Crippen LogP contribution in [-0.2, 0) is 16.0 Å². The molecule has 0 unspecified atom stereocenters. The fourth-order valence-electron chi connectivity index (χ4n) is 1.19. The molecule has 4 heteroatoms. The van der Waals surface area contributed by atoms with Crippen molar-refractivity contribution in [2.75, 3.05) is 6.61 Å². The molecule has 0 atom stereocenters. The molecule has 0 radical (unpaired) electrons. The second-order valence-corrected chi connectivity index (χ2v) is 5.13. The zero-order valence-electron chi connectivity index (χ0n) is 9.30. The zero-order chi connectivity index (χ0) is 12.1. The smallest absolute Gasteiger partial charge is 0.162 e. The molecule has 0 heterocycles. The van der Waals surface area contributed by atoms with E-state index in [0.29, 0.717) is 11.4 Å². The van der Waals surface area contributed by atoms with E-state index in [1.807, 2.05) is 26.0 Å². The summed E-state index contributed by atoms with van der Waals surface area (Å²) in [5.74, 6) is 0.0397. The third-order valence-corrected chi connectivity index (χ3v) is 2.83. The average Bonchev–Trinajstić information content (AvgIpc) is 2.19. The highest BCUT2D eigenvalue weighted by atomic mass is 79.9. The predicted molar refractivity (Wildman–Crippen MR) is 69.0 cm³/mol. The Morgan fingerprint density at radius 1 is 1.50 bits per heavy atom. The maximum atomic E-state index is 11.6. The quantitative estimate of drug-likeness (QED) is 0.830. The molecule has 2 nitrogen and oxygen atoms in total. The fraction of sp³-hybridized carbons (Fsp3) is 0.417. The van der Waals surface area contributed by atoms with Gasteiger partial charge in [-0.1, -0.05) is 33.6 Å². The Kier molecular flexibility index (Phi) is 5.46. The summed E-state index contributed by atoms with van der Waals surface area (Å²) in [4.78, 5) is 11.6. The van der Waals surface area contributed by atoms with Crippen LogP contribution in [0, 0.1) is 0 Å². The van der Waals surface area contributed by atoms with Crippen molar-refractivity contribution < 1.29 is 9.53 Å². The molecule has 0 spiro atoms. The molecule has 1 rings (SSSR count). The standard InChI is InChI=1S/C12H14BrClO2/c1-8(2)16-7-11(15)5-9-3-4-10(13)6-12(9)14/h3-4,6,8H,5,7H2,1-2H3. The molecule has 1 aromatic carbocycles. The number of rotatable bonds is 5. The van der Waals surface area contributed by atoms with Gasteiger partial charge >= 0.3 is 0 Å². The number of benzene rings is 1. The van der Waals surface area contributed by atoms with E-state index in [1.54, 1.807) is 6.07 Å². The van der Waals surface area contributed by atoms with E-state index in [-0.39, 0.29) is 18.5 Å². The van der Waals surface area contributed by atoms with Crippen molar-refractivity contribution in [1.29, 1.82) is 0 Å². The number of carbonyl (C=O) groups excluding carboxylic acids is 1. The fourth-order valence-corrected chi connectivity index (χ4v) is 1.93. The second kappa shape index (κ2) is 6.38. The van der Waals surface area contributed by atoms with Crippen LogP contribution in [0.25, 0.3) is 0 Å². The van der Waals surface area contributed by atoms with Crippen molar-refractivity contribution in [3.05, 3.63) is 33.3 Å². The van der Waals surface area contributed by atoms with E-state index in [9.17, 15) is 4.79 Å². The van der Waals surface area contributed by atoms with Crippen LogP contribution in [0.5, 0.6) is 0 Å². The van der Waals surface area contributed by atoms with E-state index in [0.717, 1.165) is 10.0 Å². The molecule has 0 N–H and O–H groups in total. The lowest BCUT2D eigenvalue weighted by atomic mass is 10.1. The predicted octanol–water partition coefficient (Wildman–Crippen LogP) is 3.64. The Labute approximate surface area is 109 Å². The van der Waals surface area contributed by atoms with Gasteiger partial charge in [0.2, 0.25) is 0 Å². The van der Waals surface area contributed by atoms with E-state index in [4.69, 9.17) is 16.3 Å². The Morgan fingerprint density at radius 2 is 2.19 bits per heavy atom. The first-order valence-electron chi connectivity index (χ1n) is 5.06. The minimum Gasteiger partial charge on any atom is -0.371 e. The van der Waals surface area contributed by atoms with Crippen molar-refractivity contribution in [2.24, 2.45) is 0 Å². The van der Waals surface area contributed by atoms with Crippen molar-refractivity contribution in [1.82, 2.24) is 0 Å². The van der Waals surface area contributed by atoms with Gasteiger partial charge in [-0.2, -0.15) is 0 Å². The van der Waals surface area contributed by atoms with Crippen LogP contribution in [0.3, 0.4) is 0 Å². The maximum absolute atomic E-state index is 11.6. The first-order valence-corrected chi connectivity index (χ1v) is 6.23. The third kappa shape index (κ3) is 4.64. The van der Waals surface area contributed by atoms with E-state index < -0.39 is 0 Å². The topological polar surface area (TPSA) is 26.3 Å². The summed E-state index contributed by atoms with van der Waals surface area (Å²) in [5.41, 5.74) is 0.835. The SMILES string of the molecule is CC(C)OCC(=O)Cc1ccc(Br)cc1Cl. The van der Waals surface area contributed by atoms with Crippen LogP contribution in [0.15, 0.2) is 22.7 Å². The van der Waals surface area contributed by atoms with Crippen LogP contribution >= 0.6 is 27.5 Å². The van der Waals surface area contributed by atoms with E-state index >= 15 is 0 Å². The molecule has 88 valence electrons. The normalized spacial score (nSPS) is 10.8. The molecule has 0 amide bonds. The van der Waals surface area contributed by atoms with Crippen LogP contribution < -0.4 is 0 Å². The summed E-state index contributed by atoms with van der Waals surface area (Å²) in [7, 11) is 0. The molecule has 1 aromatic rings. The summed E-state index contributed by atoms with van der Waals surface area (Å²) < 4.78 is 6.15. The van der Waals surface area contributed by atoms with Gasteiger partial charge in [0.15, 0.2) is 5.78 Å². The van der Waals surface area contributed by atoms with Gasteiger partial charge in [0.05, 0.1) is 6.10 Å². The number of halogens is 2. The Balaban J connectivity index is 2.56. The molecule has 16 heavy (non-hydrogen) atoms. The number of ether oxygens (including phenoxy) is 1. The molecular formula is C12H14BrClO2. The number of carbonyl (C=O) groups is 1. The van der Waals surface area contributed by atoms with Gasteiger partial charge in [0.1, 0.15) is 6.61 Å². The summed E-state index contributed by atoms with van der Waals surface area (Å²) >= 11 is 9.33. The summed E-state index contributed by atoms with van der Waals surface area (Å²) in [5, 5.41) is 0.604. The summed E-state index contributed by atoms with van der Waals surface area (Å²) in [6.45, 7) is 3.95. The Bertz CT molecular complexity index is 377. The highest BCUT2D eigenvalue weighted by Gasteiger charge is 2.08. The van der Waals surface area contributed by atoms with Crippen LogP contribution in [-0.4, -0.2) is 18.5 Å². The van der Waals surface area contributed by atoms with Gasteiger partial charge < -0.3 is 4.74 Å². The maximum Gasteiger partial charge on any atom is 0.162 e. The molecule has 0 aliphatic carbocycles. The number of hydrogen-bond donors (Lipinski definition) is 0. The molecular weight excluding hydrogens is 291 g/mol. The summed E-state index contributed by atoms with van der Waals surface area (Å²) in [6.07, 6.45) is 0.392. The largest absolute Gasteiger partial charge is 0.371 e. The minimum atomic E-state index is 0.0397. The number of hydrogen-bond acceptors (Lipinski definition) is 2. The van der Waals surface area contributed by atoms with Gasteiger partial charge in [0, 0.05) is 15.9 Å². The average molecular weight is 306 g/mol. The number of Topliss-reactive ketones (excluding diaryl/α,β-unsaturated/α-hetero) is 1. The van der Waals surface area contributed by atoms with Crippen molar-refractivity contribution in [3.8, 4) is 0 Å². The molecule has 0 aliphatic heterocycles. The van der Waals surface area contributed by atoms with Gasteiger partial charge in [-0.15, -0.1) is 0 Å². The monoisotopic (exact) mass is 304 g/mol. The first kappa shape index (κ1) is 13.7. The van der Waals surface area contributed by atoms with Crippen LogP contribution in [0.2, 0.25) is 5.02 Å². The summed E-state index contributed by atoms with van der Waals surface area (Å²) in [6, 6.07) is 5.50. The zero-order valence-corrected chi connectivity index (χ0v) is 11.6. The lowest BCUT2D eigenvalue weighted by Crippen LogP contribution is -2.15. The molecule has 0 aliphatic rings. The highest BCUT2D eigenvalue weighted by Crippen LogP contribution is 2.21. The minimum absolute atomic E-state index is 0.0397. The molecule has 0 fully saturated rings. The first-order chi connectivity index (χ1) is 7.49. The lowest BCUT2D eigenvalue weighted by Gasteiger charge is -2.07.